The van der Waals surface area contributed by atoms with Gasteiger partial charge in [0.1, 0.15) is 11.4 Å². The van der Waals surface area contributed by atoms with E-state index in [2.05, 4.69) is 15.8 Å². The summed E-state index contributed by atoms with van der Waals surface area (Å²) in [6.07, 6.45) is 1.50. The topological polar surface area (TPSA) is 109 Å². The number of aryl methyl sites for hydroxylation is 1. The van der Waals surface area contributed by atoms with Crippen LogP contribution in [0.25, 0.3) is 6.08 Å². The van der Waals surface area contributed by atoms with E-state index in [1.54, 1.807) is 68.4 Å². The number of benzene rings is 3. The SMILES string of the molecule is CC(=NNC(=O)C(=Cc1ccc2c(c1)OCO2)NC(=O)c1ccccc1)c1cc(Cl)c(C)cc1O. The molecule has 0 saturated heterocycles. The van der Waals surface area contributed by atoms with Gasteiger partial charge in [0.25, 0.3) is 11.8 Å². The summed E-state index contributed by atoms with van der Waals surface area (Å²) < 4.78 is 10.7. The lowest BCUT2D eigenvalue weighted by Crippen LogP contribution is -2.33. The molecule has 0 fully saturated rings. The first-order chi connectivity index (χ1) is 16.8. The number of hydrogen-bond donors (Lipinski definition) is 3. The van der Waals surface area contributed by atoms with Crippen molar-refractivity contribution < 1.29 is 24.2 Å². The number of carbonyl (C=O) groups excluding carboxylic acids is 2. The molecule has 3 N–H and O–H groups in total. The molecule has 9 heteroatoms. The van der Waals surface area contributed by atoms with Crippen molar-refractivity contribution in [2.75, 3.05) is 6.79 Å². The Kier molecular flexibility index (Phi) is 7.03. The zero-order chi connectivity index (χ0) is 24.9. The van der Waals surface area contributed by atoms with Gasteiger partial charge in [0.15, 0.2) is 11.5 Å². The van der Waals surface area contributed by atoms with Gasteiger partial charge >= 0.3 is 0 Å². The first kappa shape index (κ1) is 23.8. The van der Waals surface area contributed by atoms with Crippen LogP contribution in [-0.4, -0.2) is 29.4 Å². The molecule has 35 heavy (non-hydrogen) atoms. The van der Waals surface area contributed by atoms with Crippen LogP contribution in [0.3, 0.4) is 0 Å². The number of hydrazone groups is 1. The molecule has 0 saturated carbocycles. The van der Waals surface area contributed by atoms with Gasteiger partial charge in [-0.25, -0.2) is 5.43 Å². The minimum absolute atomic E-state index is 0.0177. The second-order valence-electron chi connectivity index (χ2n) is 7.75. The number of hydrogen-bond acceptors (Lipinski definition) is 6. The molecule has 0 aliphatic carbocycles. The summed E-state index contributed by atoms with van der Waals surface area (Å²) in [6, 6.07) is 16.7. The number of rotatable bonds is 6. The molecule has 1 aliphatic rings. The fourth-order valence-electron chi connectivity index (χ4n) is 3.32. The van der Waals surface area contributed by atoms with E-state index >= 15 is 0 Å². The van der Waals surface area contributed by atoms with Crippen LogP contribution in [0.4, 0.5) is 0 Å². The van der Waals surface area contributed by atoms with Gasteiger partial charge in [-0.3, -0.25) is 9.59 Å². The predicted molar refractivity (Wildman–Crippen MR) is 133 cm³/mol. The smallest absolute Gasteiger partial charge is 0.287 e. The Balaban J connectivity index is 1.61. The summed E-state index contributed by atoms with van der Waals surface area (Å²) >= 11 is 6.16. The highest BCUT2D eigenvalue weighted by atomic mass is 35.5. The highest BCUT2D eigenvalue weighted by molar-refractivity contribution is 6.31. The summed E-state index contributed by atoms with van der Waals surface area (Å²) in [5.41, 5.74) is 4.79. The van der Waals surface area contributed by atoms with Crippen molar-refractivity contribution in [3.8, 4) is 17.2 Å². The molecule has 1 heterocycles. The Morgan fingerprint density at radius 3 is 2.57 bits per heavy atom. The Hall–Kier alpha value is -4.30. The predicted octanol–water partition coefficient (Wildman–Crippen LogP) is 4.39. The molecule has 0 bridgehead atoms. The van der Waals surface area contributed by atoms with E-state index in [-0.39, 0.29) is 18.2 Å². The highest BCUT2D eigenvalue weighted by Crippen LogP contribution is 2.33. The van der Waals surface area contributed by atoms with Crippen molar-refractivity contribution in [2.24, 2.45) is 5.10 Å². The number of halogens is 1. The van der Waals surface area contributed by atoms with Gasteiger partial charge in [-0.2, -0.15) is 5.10 Å². The van der Waals surface area contributed by atoms with Crippen LogP contribution >= 0.6 is 11.6 Å². The molecule has 0 atom stereocenters. The van der Waals surface area contributed by atoms with Gasteiger partial charge in [0, 0.05) is 16.1 Å². The van der Waals surface area contributed by atoms with Crippen LogP contribution in [0.2, 0.25) is 5.02 Å². The first-order valence-electron chi connectivity index (χ1n) is 10.6. The van der Waals surface area contributed by atoms with Crippen molar-refractivity contribution in [1.82, 2.24) is 10.7 Å². The summed E-state index contributed by atoms with van der Waals surface area (Å²) in [6.45, 7) is 3.50. The van der Waals surface area contributed by atoms with E-state index in [0.717, 1.165) is 0 Å². The molecular formula is C26H22ClN3O5. The highest BCUT2D eigenvalue weighted by Gasteiger charge is 2.17. The Bertz CT molecular complexity index is 1350. The van der Waals surface area contributed by atoms with Crippen molar-refractivity contribution in [1.29, 1.82) is 0 Å². The molecule has 4 rings (SSSR count). The number of amides is 2. The molecule has 2 amide bonds. The number of phenols is 1. The fourth-order valence-corrected chi connectivity index (χ4v) is 3.49. The van der Waals surface area contributed by atoms with Gasteiger partial charge in [-0.05, 0) is 67.4 Å². The summed E-state index contributed by atoms with van der Waals surface area (Å²) in [5.74, 6) is -0.0111. The van der Waals surface area contributed by atoms with Gasteiger partial charge in [-0.1, -0.05) is 35.9 Å². The van der Waals surface area contributed by atoms with E-state index in [1.165, 1.54) is 12.1 Å². The molecule has 1 aliphatic heterocycles. The fraction of sp³-hybridized carbons (Fsp3) is 0.115. The molecule has 0 radical (unpaired) electrons. The van der Waals surface area contributed by atoms with Crippen molar-refractivity contribution in [2.45, 2.75) is 13.8 Å². The van der Waals surface area contributed by atoms with E-state index in [4.69, 9.17) is 21.1 Å². The number of ether oxygens (including phenoxy) is 2. The lowest BCUT2D eigenvalue weighted by atomic mass is 10.1. The van der Waals surface area contributed by atoms with Gasteiger partial charge < -0.3 is 19.9 Å². The summed E-state index contributed by atoms with van der Waals surface area (Å²) in [4.78, 5) is 25.8. The average molecular weight is 492 g/mol. The Morgan fingerprint density at radius 2 is 1.80 bits per heavy atom. The lowest BCUT2D eigenvalue weighted by Gasteiger charge is -2.11. The maximum atomic E-state index is 13.0. The second kappa shape index (κ2) is 10.3. The first-order valence-corrected chi connectivity index (χ1v) is 11.0. The molecule has 3 aromatic rings. The monoisotopic (exact) mass is 491 g/mol. The number of nitrogens with zero attached hydrogens (tertiary/aromatic N) is 1. The number of nitrogens with one attached hydrogen (secondary N) is 2. The van der Waals surface area contributed by atoms with Crippen molar-refractivity contribution in [3.05, 3.63) is 93.6 Å². The van der Waals surface area contributed by atoms with Gasteiger partial charge in [0.05, 0.1) is 5.71 Å². The third-order valence-corrected chi connectivity index (χ3v) is 5.64. The Labute approximate surface area is 206 Å². The quantitative estimate of drug-likeness (QED) is 0.269. The maximum Gasteiger partial charge on any atom is 0.287 e. The molecule has 0 spiro atoms. The number of phenolic OH excluding ortho intramolecular Hbond substituents is 1. The molecule has 178 valence electrons. The van der Waals surface area contributed by atoms with Crippen LogP contribution in [0.1, 0.15) is 34.0 Å². The minimum atomic E-state index is -0.663. The molecule has 0 aromatic heterocycles. The summed E-state index contributed by atoms with van der Waals surface area (Å²) in [5, 5.41) is 17.4. The number of carbonyl (C=O) groups is 2. The van der Waals surface area contributed by atoms with E-state index in [9.17, 15) is 14.7 Å². The molecule has 8 nitrogen and oxygen atoms in total. The number of fused-ring (bicyclic) bond motifs is 1. The van der Waals surface area contributed by atoms with Crippen molar-refractivity contribution in [3.63, 3.8) is 0 Å². The third kappa shape index (κ3) is 5.62. The van der Waals surface area contributed by atoms with Crippen LogP contribution in [0.15, 0.2) is 71.5 Å². The van der Waals surface area contributed by atoms with E-state index in [0.29, 0.717) is 44.5 Å². The van der Waals surface area contributed by atoms with E-state index < -0.39 is 11.8 Å². The standard InChI is InChI=1S/C26H22ClN3O5/c1-15-10-22(31)19(13-20(15)27)16(2)29-30-26(33)21(28-25(32)18-6-4-3-5-7-18)11-17-8-9-23-24(12-17)35-14-34-23/h3-13,31H,14H2,1-2H3,(H,28,32)(H,30,33). The Morgan fingerprint density at radius 1 is 1.06 bits per heavy atom. The van der Waals surface area contributed by atoms with Crippen LogP contribution in [0, 0.1) is 6.92 Å². The minimum Gasteiger partial charge on any atom is -0.507 e. The van der Waals surface area contributed by atoms with Gasteiger partial charge in [-0.15, -0.1) is 0 Å². The second-order valence-corrected chi connectivity index (χ2v) is 8.15. The maximum absolute atomic E-state index is 13.0. The van der Waals surface area contributed by atoms with Crippen molar-refractivity contribution >= 4 is 35.2 Å². The zero-order valence-electron chi connectivity index (χ0n) is 19.0. The van der Waals surface area contributed by atoms with Crippen LogP contribution in [0.5, 0.6) is 17.2 Å². The lowest BCUT2D eigenvalue weighted by molar-refractivity contribution is -0.117. The zero-order valence-corrected chi connectivity index (χ0v) is 19.7. The molecule has 0 unspecified atom stereocenters. The third-order valence-electron chi connectivity index (χ3n) is 5.23. The molecule has 3 aromatic carbocycles. The van der Waals surface area contributed by atoms with Crippen LogP contribution in [-0.2, 0) is 4.79 Å². The number of aromatic hydroxyl groups is 1. The average Bonchev–Trinajstić information content (AvgIpc) is 3.32. The molecular weight excluding hydrogens is 470 g/mol. The van der Waals surface area contributed by atoms with Crippen LogP contribution < -0.4 is 20.2 Å². The van der Waals surface area contributed by atoms with E-state index in [1.807, 2.05) is 0 Å². The summed E-state index contributed by atoms with van der Waals surface area (Å²) in [7, 11) is 0. The largest absolute Gasteiger partial charge is 0.507 e. The normalized spacial score (nSPS) is 12.9. The van der Waals surface area contributed by atoms with Gasteiger partial charge in [0.2, 0.25) is 6.79 Å².